The topological polar surface area (TPSA) is 32.5 Å². The maximum absolute atomic E-state index is 14.0. The molecule has 19 heavy (non-hydrogen) atoms. The zero-order valence-corrected chi connectivity index (χ0v) is 12.1. The van der Waals surface area contributed by atoms with Crippen molar-refractivity contribution in [3.05, 3.63) is 35.6 Å². The van der Waals surface area contributed by atoms with Crippen LogP contribution in [0.5, 0.6) is 0 Å². The van der Waals surface area contributed by atoms with Crippen LogP contribution in [0, 0.1) is 5.82 Å². The summed E-state index contributed by atoms with van der Waals surface area (Å²) in [6.07, 6.45) is 0. The molecule has 4 heteroatoms. The van der Waals surface area contributed by atoms with Gasteiger partial charge in [0.25, 0.3) is 0 Å². The largest absolute Gasteiger partial charge is 0.320 e. The van der Waals surface area contributed by atoms with Gasteiger partial charge in [-0.2, -0.15) is 0 Å². The molecule has 1 heterocycles. The molecule has 0 spiro atoms. The van der Waals surface area contributed by atoms with Crippen molar-refractivity contribution < 1.29 is 4.39 Å². The van der Waals surface area contributed by atoms with E-state index in [1.165, 1.54) is 6.07 Å². The van der Waals surface area contributed by atoms with Crippen LogP contribution in [0.3, 0.4) is 0 Å². The molecule has 1 fully saturated rings. The lowest BCUT2D eigenvalue weighted by molar-refractivity contribution is 0.0801. The van der Waals surface area contributed by atoms with Crippen molar-refractivity contribution in [2.24, 2.45) is 5.73 Å². The normalized spacial score (nSPS) is 23.0. The van der Waals surface area contributed by atoms with Crippen LogP contribution >= 0.6 is 0 Å². The summed E-state index contributed by atoms with van der Waals surface area (Å²) >= 11 is 0. The summed E-state index contributed by atoms with van der Waals surface area (Å²) in [6, 6.07) is 6.94. The van der Waals surface area contributed by atoms with Crippen molar-refractivity contribution in [3.63, 3.8) is 0 Å². The molecule has 1 saturated heterocycles. The van der Waals surface area contributed by atoms with Crippen molar-refractivity contribution in [1.29, 1.82) is 0 Å². The highest BCUT2D eigenvalue weighted by molar-refractivity contribution is 5.27. The molecule has 1 aromatic rings. The Kier molecular flexibility index (Phi) is 4.23. The smallest absolute Gasteiger partial charge is 0.128 e. The lowest BCUT2D eigenvalue weighted by Gasteiger charge is -2.43. The van der Waals surface area contributed by atoms with Crippen molar-refractivity contribution in [2.45, 2.75) is 25.4 Å². The predicted molar refractivity (Wildman–Crippen MR) is 76.5 cm³/mol. The minimum Gasteiger partial charge on any atom is -0.320 e. The van der Waals surface area contributed by atoms with E-state index in [-0.39, 0.29) is 11.9 Å². The Hall–Kier alpha value is -0.970. The first-order chi connectivity index (χ1) is 8.93. The number of hydrogen-bond acceptors (Lipinski definition) is 3. The van der Waals surface area contributed by atoms with E-state index in [1.54, 1.807) is 12.1 Å². The average molecular weight is 265 g/mol. The molecule has 1 aliphatic rings. The minimum atomic E-state index is -0.679. The van der Waals surface area contributed by atoms with Crippen molar-refractivity contribution in [3.8, 4) is 0 Å². The third-order valence-corrected chi connectivity index (χ3v) is 4.41. The second-order valence-electron chi connectivity index (χ2n) is 5.78. The maximum Gasteiger partial charge on any atom is 0.128 e. The van der Waals surface area contributed by atoms with Gasteiger partial charge in [0.1, 0.15) is 5.82 Å². The third kappa shape index (κ3) is 2.96. The van der Waals surface area contributed by atoms with E-state index in [4.69, 9.17) is 5.73 Å². The van der Waals surface area contributed by atoms with Gasteiger partial charge in [-0.25, -0.2) is 4.39 Å². The third-order valence-electron chi connectivity index (χ3n) is 4.41. The average Bonchev–Trinajstić information content (AvgIpc) is 2.39. The Morgan fingerprint density at radius 1 is 1.21 bits per heavy atom. The molecule has 0 radical (unpaired) electrons. The molecule has 0 bridgehead atoms. The molecule has 0 amide bonds. The van der Waals surface area contributed by atoms with Gasteiger partial charge < -0.3 is 10.6 Å². The fourth-order valence-corrected chi connectivity index (χ4v) is 2.71. The molecular formula is C15H24FN3. The number of halogens is 1. The highest BCUT2D eigenvalue weighted by Gasteiger charge is 2.35. The number of nitrogens with two attached hydrogens (primary N) is 1. The van der Waals surface area contributed by atoms with E-state index in [0.29, 0.717) is 5.56 Å². The van der Waals surface area contributed by atoms with Crippen LogP contribution in [0.25, 0.3) is 0 Å². The lowest BCUT2D eigenvalue weighted by atomic mass is 9.85. The highest BCUT2D eigenvalue weighted by atomic mass is 19.1. The summed E-state index contributed by atoms with van der Waals surface area (Å²) < 4.78 is 14.0. The molecule has 2 unspecified atom stereocenters. The van der Waals surface area contributed by atoms with Gasteiger partial charge in [-0.15, -0.1) is 0 Å². The Labute approximate surface area is 115 Å². The van der Waals surface area contributed by atoms with Crippen molar-refractivity contribution in [2.75, 3.05) is 33.2 Å². The van der Waals surface area contributed by atoms with Gasteiger partial charge in [0.15, 0.2) is 0 Å². The molecule has 1 aliphatic heterocycles. The van der Waals surface area contributed by atoms with Gasteiger partial charge >= 0.3 is 0 Å². The Balaban J connectivity index is 2.17. The van der Waals surface area contributed by atoms with Crippen LogP contribution in [0.15, 0.2) is 24.3 Å². The highest BCUT2D eigenvalue weighted by Crippen LogP contribution is 2.28. The number of nitrogens with zero attached hydrogens (tertiary/aromatic N) is 2. The molecule has 106 valence electrons. The molecule has 2 rings (SSSR count). The number of likely N-dealkylation sites (N-methyl/N-ethyl adjacent to an activating group) is 1. The second-order valence-corrected chi connectivity index (χ2v) is 5.78. The zero-order valence-electron chi connectivity index (χ0n) is 12.1. The number of rotatable bonds is 3. The monoisotopic (exact) mass is 265 g/mol. The van der Waals surface area contributed by atoms with Crippen LogP contribution in [-0.4, -0.2) is 49.1 Å². The van der Waals surface area contributed by atoms with E-state index in [2.05, 4.69) is 23.8 Å². The Morgan fingerprint density at radius 3 is 2.37 bits per heavy atom. The lowest BCUT2D eigenvalue weighted by Crippen LogP contribution is -2.58. The van der Waals surface area contributed by atoms with Crippen LogP contribution in [0.4, 0.5) is 4.39 Å². The van der Waals surface area contributed by atoms with Crippen molar-refractivity contribution in [1.82, 2.24) is 9.80 Å². The molecular weight excluding hydrogens is 241 g/mol. The van der Waals surface area contributed by atoms with Crippen molar-refractivity contribution >= 4 is 0 Å². The first kappa shape index (κ1) is 14.4. The van der Waals surface area contributed by atoms with Gasteiger partial charge in [-0.1, -0.05) is 18.2 Å². The summed E-state index contributed by atoms with van der Waals surface area (Å²) in [5.74, 6) is -0.214. The number of benzene rings is 1. The predicted octanol–water partition coefficient (Wildman–Crippen LogP) is 1.64. The van der Waals surface area contributed by atoms with Crippen LogP contribution in [0.2, 0.25) is 0 Å². The van der Waals surface area contributed by atoms with Gasteiger partial charge in [0.05, 0.1) is 5.54 Å². The fourth-order valence-electron chi connectivity index (χ4n) is 2.71. The summed E-state index contributed by atoms with van der Waals surface area (Å²) in [5, 5.41) is 0. The fraction of sp³-hybridized carbons (Fsp3) is 0.600. The summed E-state index contributed by atoms with van der Waals surface area (Å²) in [5.41, 5.74) is 6.37. The SMILES string of the molecule is CC(N1CCN(C)CC1)C(C)(N)c1ccccc1F. The van der Waals surface area contributed by atoms with E-state index < -0.39 is 5.54 Å². The number of piperazine rings is 1. The van der Waals surface area contributed by atoms with Gasteiger partial charge in [-0.3, -0.25) is 4.90 Å². The Morgan fingerprint density at radius 2 is 1.79 bits per heavy atom. The quantitative estimate of drug-likeness (QED) is 0.901. The molecule has 0 saturated carbocycles. The number of hydrogen-bond donors (Lipinski definition) is 1. The van der Waals surface area contributed by atoms with E-state index in [1.807, 2.05) is 13.0 Å². The second kappa shape index (κ2) is 5.57. The Bertz CT molecular complexity index is 425. The van der Waals surface area contributed by atoms with Crippen LogP contribution in [0.1, 0.15) is 19.4 Å². The van der Waals surface area contributed by atoms with Gasteiger partial charge in [0.2, 0.25) is 0 Å². The van der Waals surface area contributed by atoms with Crippen LogP contribution < -0.4 is 5.73 Å². The first-order valence-corrected chi connectivity index (χ1v) is 6.89. The molecule has 3 nitrogen and oxygen atoms in total. The van der Waals surface area contributed by atoms with E-state index in [9.17, 15) is 4.39 Å². The standard InChI is InChI=1S/C15H24FN3/c1-12(19-10-8-18(3)9-11-19)15(2,17)13-6-4-5-7-14(13)16/h4-7,12H,8-11,17H2,1-3H3. The molecule has 2 atom stereocenters. The molecule has 2 N–H and O–H groups in total. The van der Waals surface area contributed by atoms with Crippen LogP contribution in [-0.2, 0) is 5.54 Å². The minimum absolute atomic E-state index is 0.109. The molecule has 0 aromatic heterocycles. The van der Waals surface area contributed by atoms with E-state index >= 15 is 0 Å². The first-order valence-electron chi connectivity index (χ1n) is 6.89. The summed E-state index contributed by atoms with van der Waals surface area (Å²) in [6.45, 7) is 8.07. The summed E-state index contributed by atoms with van der Waals surface area (Å²) in [4.78, 5) is 4.66. The summed E-state index contributed by atoms with van der Waals surface area (Å²) in [7, 11) is 2.13. The zero-order chi connectivity index (χ0) is 14.0. The maximum atomic E-state index is 14.0. The molecule has 1 aromatic carbocycles. The van der Waals surface area contributed by atoms with Gasteiger partial charge in [-0.05, 0) is 27.0 Å². The van der Waals surface area contributed by atoms with Gasteiger partial charge in [0, 0.05) is 37.8 Å². The van der Waals surface area contributed by atoms with E-state index in [0.717, 1.165) is 26.2 Å². The molecule has 0 aliphatic carbocycles.